The molecule has 1 aromatic heterocycles. The third-order valence-corrected chi connectivity index (χ3v) is 3.38. The minimum Gasteiger partial charge on any atom is -0.329 e. The van der Waals surface area contributed by atoms with Gasteiger partial charge in [-0.15, -0.1) is 10.2 Å². The molecule has 2 N–H and O–H groups in total. The maximum absolute atomic E-state index is 5.57. The van der Waals surface area contributed by atoms with Crippen LogP contribution >= 0.6 is 11.8 Å². The topological polar surface area (TPSA) is 56.7 Å². The van der Waals surface area contributed by atoms with Crippen molar-refractivity contribution in [3.8, 4) is 11.8 Å². The van der Waals surface area contributed by atoms with Crippen LogP contribution in [0.4, 0.5) is 0 Å². The molecule has 0 radical (unpaired) electrons. The Labute approximate surface area is 117 Å². The molecule has 0 aliphatic heterocycles. The second-order valence-electron chi connectivity index (χ2n) is 3.93. The average Bonchev–Trinajstić information content (AvgIpc) is 2.78. The van der Waals surface area contributed by atoms with Crippen molar-refractivity contribution in [3.05, 3.63) is 41.7 Å². The molecule has 0 bridgehead atoms. The van der Waals surface area contributed by atoms with E-state index in [0.29, 0.717) is 12.3 Å². The van der Waals surface area contributed by atoms with Gasteiger partial charge < -0.3 is 10.3 Å². The van der Waals surface area contributed by atoms with E-state index < -0.39 is 0 Å². The van der Waals surface area contributed by atoms with E-state index in [1.54, 1.807) is 11.8 Å². The first-order valence-electron chi connectivity index (χ1n) is 6.08. The van der Waals surface area contributed by atoms with Gasteiger partial charge in [0.25, 0.3) is 0 Å². The zero-order chi connectivity index (χ0) is 13.5. The van der Waals surface area contributed by atoms with Gasteiger partial charge in [-0.2, -0.15) is 0 Å². The monoisotopic (exact) mass is 272 g/mol. The van der Waals surface area contributed by atoms with Crippen molar-refractivity contribution in [3.63, 3.8) is 0 Å². The predicted octanol–water partition coefficient (Wildman–Crippen LogP) is 1.69. The average molecular weight is 272 g/mol. The summed E-state index contributed by atoms with van der Waals surface area (Å²) in [4.78, 5) is 0. The molecule has 2 rings (SSSR count). The third kappa shape index (κ3) is 3.85. The van der Waals surface area contributed by atoms with Gasteiger partial charge in [-0.25, -0.2) is 0 Å². The Bertz CT molecular complexity index is 580. The van der Waals surface area contributed by atoms with Crippen molar-refractivity contribution in [2.24, 2.45) is 5.73 Å². The zero-order valence-electron chi connectivity index (χ0n) is 10.8. The van der Waals surface area contributed by atoms with Crippen LogP contribution in [0.25, 0.3) is 0 Å². The second kappa shape index (κ2) is 6.98. The molecule has 4 nitrogen and oxygen atoms in total. The lowest BCUT2D eigenvalue weighted by molar-refractivity contribution is 0.628. The predicted molar refractivity (Wildman–Crippen MR) is 77.9 cm³/mol. The summed E-state index contributed by atoms with van der Waals surface area (Å²) in [6.07, 6.45) is 0. The summed E-state index contributed by atoms with van der Waals surface area (Å²) in [6, 6.07) is 9.95. The molecule has 0 spiro atoms. The Kier molecular flexibility index (Phi) is 5.01. The first-order valence-corrected chi connectivity index (χ1v) is 7.06. The quantitative estimate of drug-likeness (QED) is 0.680. The van der Waals surface area contributed by atoms with Gasteiger partial charge in [0.15, 0.2) is 5.16 Å². The van der Waals surface area contributed by atoms with Crippen molar-refractivity contribution in [1.29, 1.82) is 0 Å². The molecule has 19 heavy (non-hydrogen) atoms. The molecule has 0 aliphatic rings. The molecule has 0 saturated carbocycles. The molecule has 0 atom stereocenters. The third-order valence-electron chi connectivity index (χ3n) is 2.53. The lowest BCUT2D eigenvalue weighted by atomic mass is 10.2. The summed E-state index contributed by atoms with van der Waals surface area (Å²) in [7, 11) is 0. The van der Waals surface area contributed by atoms with Crippen LogP contribution in [0.2, 0.25) is 0 Å². The fourth-order valence-electron chi connectivity index (χ4n) is 1.62. The largest absolute Gasteiger partial charge is 0.329 e. The second-order valence-corrected chi connectivity index (χ2v) is 4.87. The zero-order valence-corrected chi connectivity index (χ0v) is 11.7. The van der Waals surface area contributed by atoms with Gasteiger partial charge in [0.2, 0.25) is 0 Å². The molecule has 98 valence electrons. The molecule has 0 saturated heterocycles. The fraction of sp³-hybridized carbons (Fsp3) is 0.286. The molecule has 1 aromatic carbocycles. The smallest absolute Gasteiger partial charge is 0.192 e. The number of thioether (sulfide) groups is 1. The van der Waals surface area contributed by atoms with Gasteiger partial charge in [-0.1, -0.05) is 41.8 Å². The summed E-state index contributed by atoms with van der Waals surface area (Å²) in [5.41, 5.74) is 6.61. The van der Waals surface area contributed by atoms with Crippen LogP contribution in [0.1, 0.15) is 11.4 Å². The molecule has 0 fully saturated rings. The molecule has 0 unspecified atom stereocenters. The van der Waals surface area contributed by atoms with E-state index in [1.807, 2.05) is 41.8 Å². The maximum Gasteiger partial charge on any atom is 0.192 e. The molecule has 0 amide bonds. The Balaban J connectivity index is 1.95. The van der Waals surface area contributed by atoms with Crippen LogP contribution in [0.3, 0.4) is 0 Å². The molecule has 5 heteroatoms. The lowest BCUT2D eigenvalue weighted by Crippen LogP contribution is -2.12. The highest BCUT2D eigenvalue weighted by atomic mass is 32.2. The molecule has 2 aromatic rings. The maximum atomic E-state index is 5.57. The van der Waals surface area contributed by atoms with Gasteiger partial charge in [0, 0.05) is 18.7 Å². The fourth-order valence-corrected chi connectivity index (χ4v) is 2.37. The minimum absolute atomic E-state index is 0.585. The van der Waals surface area contributed by atoms with Crippen molar-refractivity contribution in [2.45, 2.75) is 18.6 Å². The van der Waals surface area contributed by atoms with E-state index in [9.17, 15) is 0 Å². The molecule has 0 aliphatic carbocycles. The van der Waals surface area contributed by atoms with Crippen LogP contribution in [-0.2, 0) is 6.54 Å². The van der Waals surface area contributed by atoms with Crippen LogP contribution < -0.4 is 5.73 Å². The SMILES string of the molecule is Cc1nnc(SCC#Cc2ccccc2)n1CCN. The number of hydrogen-bond donors (Lipinski definition) is 1. The van der Waals surface area contributed by atoms with E-state index in [1.165, 1.54) is 0 Å². The number of rotatable bonds is 4. The normalized spacial score (nSPS) is 10.0. The molecular formula is C14H16N4S. The van der Waals surface area contributed by atoms with Crippen LogP contribution in [-0.4, -0.2) is 27.1 Å². The highest BCUT2D eigenvalue weighted by molar-refractivity contribution is 7.99. The van der Waals surface area contributed by atoms with E-state index in [2.05, 4.69) is 22.0 Å². The summed E-state index contributed by atoms with van der Waals surface area (Å²) < 4.78 is 2.02. The summed E-state index contributed by atoms with van der Waals surface area (Å²) in [6.45, 7) is 3.26. The summed E-state index contributed by atoms with van der Waals surface area (Å²) >= 11 is 1.59. The Hall–Kier alpha value is -1.77. The van der Waals surface area contributed by atoms with Crippen LogP contribution in [0.15, 0.2) is 35.5 Å². The van der Waals surface area contributed by atoms with Crippen molar-refractivity contribution < 1.29 is 0 Å². The number of nitrogens with zero attached hydrogens (tertiary/aromatic N) is 3. The number of aryl methyl sites for hydroxylation is 1. The van der Waals surface area contributed by atoms with Gasteiger partial charge in [0.05, 0.1) is 5.75 Å². The van der Waals surface area contributed by atoms with Gasteiger partial charge in [0.1, 0.15) is 5.82 Å². The highest BCUT2D eigenvalue weighted by Gasteiger charge is 2.07. The Morgan fingerprint density at radius 1 is 1.26 bits per heavy atom. The first kappa shape index (κ1) is 13.7. The van der Waals surface area contributed by atoms with Gasteiger partial charge >= 0.3 is 0 Å². The number of nitrogens with two attached hydrogens (primary N) is 1. The van der Waals surface area contributed by atoms with Crippen LogP contribution in [0.5, 0.6) is 0 Å². The number of aromatic nitrogens is 3. The van der Waals surface area contributed by atoms with Crippen molar-refractivity contribution in [2.75, 3.05) is 12.3 Å². The summed E-state index contributed by atoms with van der Waals surface area (Å²) in [5.74, 6) is 7.83. The van der Waals surface area contributed by atoms with E-state index in [0.717, 1.165) is 23.1 Å². The standard InChI is InChI=1S/C14H16N4S/c1-12-16-17-14(18(12)10-9-15)19-11-5-8-13-6-3-2-4-7-13/h2-4,6-7H,9-11,15H2,1H3. The highest BCUT2D eigenvalue weighted by Crippen LogP contribution is 2.15. The summed E-state index contributed by atoms with van der Waals surface area (Å²) in [5, 5.41) is 9.07. The van der Waals surface area contributed by atoms with Crippen LogP contribution in [0, 0.1) is 18.8 Å². The Morgan fingerprint density at radius 3 is 2.79 bits per heavy atom. The molecule has 1 heterocycles. The van der Waals surface area contributed by atoms with Crippen molar-refractivity contribution >= 4 is 11.8 Å². The number of benzene rings is 1. The van der Waals surface area contributed by atoms with E-state index >= 15 is 0 Å². The minimum atomic E-state index is 0.585. The van der Waals surface area contributed by atoms with E-state index in [4.69, 9.17) is 5.73 Å². The molecular weight excluding hydrogens is 256 g/mol. The first-order chi connectivity index (χ1) is 9.31. The lowest BCUT2D eigenvalue weighted by Gasteiger charge is -2.04. The number of hydrogen-bond acceptors (Lipinski definition) is 4. The van der Waals surface area contributed by atoms with Crippen molar-refractivity contribution in [1.82, 2.24) is 14.8 Å². The Morgan fingerprint density at radius 2 is 2.05 bits per heavy atom. The van der Waals surface area contributed by atoms with E-state index in [-0.39, 0.29) is 0 Å². The van der Waals surface area contributed by atoms with Gasteiger partial charge in [-0.05, 0) is 19.1 Å². The van der Waals surface area contributed by atoms with Gasteiger partial charge in [-0.3, -0.25) is 0 Å².